The fraction of sp³-hybridized carbons (Fsp3) is 0.909. The lowest BCUT2D eigenvalue weighted by molar-refractivity contribution is -0.171. The van der Waals surface area contributed by atoms with E-state index in [1.165, 1.54) is 0 Å². The third kappa shape index (κ3) is 2.71. The molecule has 0 aromatic carbocycles. The smallest absolute Gasteiger partial charge is 0.336 e. The fourth-order valence-electron chi connectivity index (χ4n) is 1.91. The summed E-state index contributed by atoms with van der Waals surface area (Å²) in [4.78, 5) is 11.0. The lowest BCUT2D eigenvalue weighted by Gasteiger charge is -2.34. The van der Waals surface area contributed by atoms with E-state index in [9.17, 15) is 9.90 Å². The van der Waals surface area contributed by atoms with Gasteiger partial charge in [0.05, 0.1) is 0 Å². The number of aliphatic carboxylic acids is 1. The summed E-state index contributed by atoms with van der Waals surface area (Å²) < 4.78 is 0. The van der Waals surface area contributed by atoms with Gasteiger partial charge < -0.3 is 10.2 Å². The third-order valence-corrected chi connectivity index (χ3v) is 2.80. The fourth-order valence-corrected chi connectivity index (χ4v) is 1.91. The van der Waals surface area contributed by atoms with Crippen LogP contribution in [0.1, 0.15) is 41.0 Å². The first kappa shape index (κ1) is 13.4. The van der Waals surface area contributed by atoms with Gasteiger partial charge in [-0.3, -0.25) is 0 Å². The van der Waals surface area contributed by atoms with Gasteiger partial charge in [0.2, 0.25) is 0 Å². The summed E-state index contributed by atoms with van der Waals surface area (Å²) in [6.07, 6.45) is 0.723. The molecular weight excluding hydrogens is 180 g/mol. The van der Waals surface area contributed by atoms with Crippen LogP contribution in [0.25, 0.3) is 0 Å². The van der Waals surface area contributed by atoms with E-state index >= 15 is 0 Å². The van der Waals surface area contributed by atoms with E-state index < -0.39 is 11.6 Å². The molecule has 0 bridgehead atoms. The second-order valence-corrected chi connectivity index (χ2v) is 4.82. The highest BCUT2D eigenvalue weighted by Crippen LogP contribution is 2.31. The molecule has 0 aromatic heterocycles. The molecule has 84 valence electrons. The Bertz CT molecular complexity index is 199. The maximum Gasteiger partial charge on any atom is 0.336 e. The Labute approximate surface area is 86.1 Å². The molecule has 0 aliphatic carbocycles. The maximum atomic E-state index is 11.0. The van der Waals surface area contributed by atoms with Gasteiger partial charge in [-0.25, -0.2) is 4.79 Å². The summed E-state index contributed by atoms with van der Waals surface area (Å²) in [6, 6.07) is 0. The van der Waals surface area contributed by atoms with Crippen LogP contribution in [0.15, 0.2) is 0 Å². The van der Waals surface area contributed by atoms with Crippen molar-refractivity contribution < 1.29 is 15.0 Å². The predicted octanol–water partition coefficient (Wildman–Crippen LogP) is 2.14. The van der Waals surface area contributed by atoms with Gasteiger partial charge in [-0.05, 0) is 24.2 Å². The van der Waals surface area contributed by atoms with Crippen molar-refractivity contribution in [2.45, 2.75) is 46.6 Å². The van der Waals surface area contributed by atoms with Crippen molar-refractivity contribution in [3.63, 3.8) is 0 Å². The number of carbonyl (C=O) groups is 1. The number of hydrogen-bond acceptors (Lipinski definition) is 2. The second-order valence-electron chi connectivity index (χ2n) is 4.82. The summed E-state index contributed by atoms with van der Waals surface area (Å²) in [6.45, 7) is 9.34. The Balaban J connectivity index is 4.74. The van der Waals surface area contributed by atoms with Gasteiger partial charge in [0.1, 0.15) is 0 Å². The van der Waals surface area contributed by atoms with Gasteiger partial charge in [-0.2, -0.15) is 0 Å². The van der Waals surface area contributed by atoms with Crippen LogP contribution < -0.4 is 0 Å². The molecule has 0 aromatic rings. The molecule has 0 aliphatic heterocycles. The Morgan fingerprint density at radius 1 is 1.21 bits per heavy atom. The van der Waals surface area contributed by atoms with Crippen molar-refractivity contribution in [2.24, 2.45) is 17.8 Å². The van der Waals surface area contributed by atoms with Crippen LogP contribution in [0, 0.1) is 17.8 Å². The molecule has 3 heteroatoms. The van der Waals surface area contributed by atoms with E-state index in [1.807, 2.05) is 13.8 Å². The van der Waals surface area contributed by atoms with E-state index in [0.717, 1.165) is 6.42 Å². The summed E-state index contributed by atoms with van der Waals surface area (Å²) in [5, 5.41) is 19.1. The van der Waals surface area contributed by atoms with Crippen LogP contribution >= 0.6 is 0 Å². The van der Waals surface area contributed by atoms with Gasteiger partial charge in [0.25, 0.3) is 0 Å². The van der Waals surface area contributed by atoms with Crippen LogP contribution in [-0.4, -0.2) is 21.8 Å². The van der Waals surface area contributed by atoms with Crippen molar-refractivity contribution >= 4 is 5.97 Å². The molecule has 2 N–H and O–H groups in total. The predicted molar refractivity (Wildman–Crippen MR) is 56.0 cm³/mol. The summed E-state index contributed by atoms with van der Waals surface area (Å²) in [7, 11) is 0. The minimum absolute atomic E-state index is 0.222. The molecule has 0 radical (unpaired) electrons. The van der Waals surface area contributed by atoms with Crippen molar-refractivity contribution in [3.8, 4) is 0 Å². The monoisotopic (exact) mass is 202 g/mol. The van der Waals surface area contributed by atoms with Crippen LogP contribution in [0.2, 0.25) is 0 Å². The zero-order valence-corrected chi connectivity index (χ0v) is 9.74. The average molecular weight is 202 g/mol. The molecule has 0 heterocycles. The molecule has 14 heavy (non-hydrogen) atoms. The molecule has 0 spiro atoms. The quantitative estimate of drug-likeness (QED) is 0.718. The van der Waals surface area contributed by atoms with Gasteiger partial charge in [0.15, 0.2) is 5.60 Å². The highest BCUT2D eigenvalue weighted by atomic mass is 16.4. The van der Waals surface area contributed by atoms with Gasteiger partial charge in [-0.1, -0.05) is 34.6 Å². The van der Waals surface area contributed by atoms with E-state index in [1.54, 1.807) is 20.8 Å². The average Bonchev–Trinajstić information content (AvgIpc) is 2.00. The van der Waals surface area contributed by atoms with Crippen LogP contribution in [0.3, 0.4) is 0 Å². The Hall–Kier alpha value is -0.570. The van der Waals surface area contributed by atoms with Crippen LogP contribution in [0.5, 0.6) is 0 Å². The largest absolute Gasteiger partial charge is 0.479 e. The molecular formula is C11H22O3. The standard InChI is InChI=1S/C11H22O3/c1-7(2)6-9(5)11(14,8(3)4)10(12)13/h7-9,14H,6H2,1-5H3,(H,12,13). The normalized spacial score (nSPS) is 18.3. The van der Waals surface area contributed by atoms with Crippen LogP contribution in [-0.2, 0) is 4.79 Å². The Kier molecular flexibility index (Phi) is 4.59. The van der Waals surface area contributed by atoms with Crippen molar-refractivity contribution in [3.05, 3.63) is 0 Å². The molecule has 2 atom stereocenters. The first-order valence-corrected chi connectivity index (χ1v) is 5.18. The summed E-state index contributed by atoms with van der Waals surface area (Å²) in [5.41, 5.74) is -1.59. The minimum atomic E-state index is -1.59. The van der Waals surface area contributed by atoms with Gasteiger partial charge in [0, 0.05) is 0 Å². The van der Waals surface area contributed by atoms with Crippen LogP contribution in [0.4, 0.5) is 0 Å². The molecule has 3 nitrogen and oxygen atoms in total. The molecule has 2 unspecified atom stereocenters. The minimum Gasteiger partial charge on any atom is -0.479 e. The summed E-state index contributed by atoms with van der Waals surface area (Å²) >= 11 is 0. The second kappa shape index (κ2) is 4.78. The van der Waals surface area contributed by atoms with E-state index in [2.05, 4.69) is 0 Å². The molecule has 0 saturated heterocycles. The molecule has 0 saturated carbocycles. The van der Waals surface area contributed by atoms with E-state index in [0.29, 0.717) is 5.92 Å². The highest BCUT2D eigenvalue weighted by Gasteiger charge is 2.44. The summed E-state index contributed by atoms with van der Waals surface area (Å²) in [5.74, 6) is -1.20. The number of carboxylic acid groups (broad SMARTS) is 1. The van der Waals surface area contributed by atoms with Gasteiger partial charge >= 0.3 is 5.97 Å². The number of rotatable bonds is 5. The zero-order valence-electron chi connectivity index (χ0n) is 9.74. The molecule has 0 amide bonds. The highest BCUT2D eigenvalue weighted by molar-refractivity contribution is 5.77. The molecule has 0 fully saturated rings. The lowest BCUT2D eigenvalue weighted by Crippen LogP contribution is -2.49. The molecule has 0 rings (SSSR count). The maximum absolute atomic E-state index is 11.0. The first-order valence-electron chi connectivity index (χ1n) is 5.18. The van der Waals surface area contributed by atoms with Gasteiger partial charge in [-0.15, -0.1) is 0 Å². The Morgan fingerprint density at radius 2 is 1.64 bits per heavy atom. The van der Waals surface area contributed by atoms with E-state index in [4.69, 9.17) is 5.11 Å². The SMILES string of the molecule is CC(C)CC(C)C(O)(C(=O)O)C(C)C. The number of aliphatic hydroxyl groups is 1. The number of carboxylic acids is 1. The van der Waals surface area contributed by atoms with Crippen molar-refractivity contribution in [2.75, 3.05) is 0 Å². The Morgan fingerprint density at radius 3 is 1.86 bits per heavy atom. The van der Waals surface area contributed by atoms with E-state index in [-0.39, 0.29) is 11.8 Å². The van der Waals surface area contributed by atoms with Crippen molar-refractivity contribution in [1.82, 2.24) is 0 Å². The third-order valence-electron chi connectivity index (χ3n) is 2.80. The number of hydrogen-bond donors (Lipinski definition) is 2. The zero-order chi connectivity index (χ0) is 11.5. The topological polar surface area (TPSA) is 57.5 Å². The first-order chi connectivity index (χ1) is 6.22. The lowest BCUT2D eigenvalue weighted by atomic mass is 9.76. The molecule has 0 aliphatic rings. The van der Waals surface area contributed by atoms with Crippen molar-refractivity contribution in [1.29, 1.82) is 0 Å².